The first-order chi connectivity index (χ1) is 13.1. The fourth-order valence-corrected chi connectivity index (χ4v) is 3.77. The molecule has 1 aliphatic carbocycles. The van der Waals surface area contributed by atoms with Crippen molar-refractivity contribution in [3.8, 4) is 11.6 Å². The summed E-state index contributed by atoms with van der Waals surface area (Å²) in [5.74, 6) is 2.49. The molecule has 0 radical (unpaired) electrons. The molecule has 0 N–H and O–H groups in total. The zero-order chi connectivity index (χ0) is 18.8. The molecule has 4 rings (SSSR count). The zero-order valence-corrected chi connectivity index (χ0v) is 16.1. The molecular weight excluding hydrogens is 364 g/mol. The van der Waals surface area contributed by atoms with Crippen LogP contribution in [0.1, 0.15) is 26.2 Å². The summed E-state index contributed by atoms with van der Waals surface area (Å²) < 4.78 is 5.80. The van der Waals surface area contributed by atoms with E-state index in [9.17, 15) is 4.79 Å². The van der Waals surface area contributed by atoms with Gasteiger partial charge in [0.05, 0.1) is 0 Å². The molecule has 142 valence electrons. The van der Waals surface area contributed by atoms with Crippen molar-refractivity contribution in [3.05, 3.63) is 41.7 Å². The highest BCUT2D eigenvalue weighted by Crippen LogP contribution is 2.30. The highest BCUT2D eigenvalue weighted by Gasteiger charge is 2.34. The van der Waals surface area contributed by atoms with E-state index in [2.05, 4.69) is 21.8 Å². The number of amides is 1. The molecule has 2 aliphatic rings. The number of hydrogen-bond acceptors (Lipinski definition) is 5. The molecule has 6 nitrogen and oxygen atoms in total. The predicted octanol–water partition coefficient (Wildman–Crippen LogP) is 3.76. The second-order valence-electron chi connectivity index (χ2n) is 7.23. The lowest BCUT2D eigenvalue weighted by atomic mass is 9.84. The Morgan fingerprint density at radius 2 is 2.07 bits per heavy atom. The van der Waals surface area contributed by atoms with Crippen molar-refractivity contribution in [2.24, 2.45) is 5.92 Å². The molecular formula is C20H23ClN4O2. The number of carbonyl (C=O) groups is 1. The standard InChI is InChI=1S/C20H23ClN4O2/c1-14-12-24(8-9-25(14)20(26)15-4-2-5-15)18-11-19(23-13-22-18)27-17-7-3-6-16(21)10-17/h3,6-7,10-11,13-15H,2,4-5,8-9,12H2,1H3. The SMILES string of the molecule is CC1CN(c2cc(Oc3cccc(Cl)c3)ncn2)CCN1C(=O)C1CCC1. The van der Waals surface area contributed by atoms with Gasteiger partial charge in [0.1, 0.15) is 17.9 Å². The first-order valence-electron chi connectivity index (χ1n) is 9.41. The van der Waals surface area contributed by atoms with E-state index in [0.717, 1.165) is 38.3 Å². The van der Waals surface area contributed by atoms with Crippen molar-refractivity contribution >= 4 is 23.3 Å². The molecule has 1 aromatic heterocycles. The van der Waals surface area contributed by atoms with Crippen LogP contribution in [-0.2, 0) is 4.79 Å². The van der Waals surface area contributed by atoms with Gasteiger partial charge in [0.25, 0.3) is 0 Å². The third-order valence-corrected chi connectivity index (χ3v) is 5.57. The number of benzene rings is 1. The fraction of sp³-hybridized carbons (Fsp3) is 0.450. The number of halogens is 1. The Hall–Kier alpha value is -2.34. The molecule has 2 fully saturated rings. The molecule has 0 bridgehead atoms. The van der Waals surface area contributed by atoms with Crippen molar-refractivity contribution in [1.82, 2.24) is 14.9 Å². The number of anilines is 1. The lowest BCUT2D eigenvalue weighted by Gasteiger charge is -2.43. The fourth-order valence-electron chi connectivity index (χ4n) is 3.59. The van der Waals surface area contributed by atoms with Gasteiger partial charge in [-0.2, -0.15) is 0 Å². The summed E-state index contributed by atoms with van der Waals surface area (Å²) in [4.78, 5) is 25.4. The Morgan fingerprint density at radius 1 is 1.22 bits per heavy atom. The predicted molar refractivity (Wildman–Crippen MR) is 104 cm³/mol. The Labute approximate surface area is 164 Å². The minimum absolute atomic E-state index is 0.166. The Kier molecular flexibility index (Phi) is 5.16. The number of aromatic nitrogens is 2. The third kappa shape index (κ3) is 4.00. The number of rotatable bonds is 4. The largest absolute Gasteiger partial charge is 0.439 e. The molecule has 1 aliphatic heterocycles. The third-order valence-electron chi connectivity index (χ3n) is 5.34. The molecule has 1 aromatic carbocycles. The molecule has 1 atom stereocenters. The minimum Gasteiger partial charge on any atom is -0.439 e. The topological polar surface area (TPSA) is 58.6 Å². The number of carbonyl (C=O) groups excluding carboxylic acids is 1. The van der Waals surface area contributed by atoms with Gasteiger partial charge >= 0.3 is 0 Å². The Balaban J connectivity index is 1.42. The van der Waals surface area contributed by atoms with E-state index in [1.165, 1.54) is 12.7 Å². The minimum atomic E-state index is 0.166. The number of piperazine rings is 1. The van der Waals surface area contributed by atoms with Crippen LogP contribution in [0.15, 0.2) is 36.7 Å². The first-order valence-corrected chi connectivity index (χ1v) is 9.79. The van der Waals surface area contributed by atoms with Crippen molar-refractivity contribution in [1.29, 1.82) is 0 Å². The lowest BCUT2D eigenvalue weighted by molar-refractivity contribution is -0.140. The molecule has 2 aromatic rings. The van der Waals surface area contributed by atoms with E-state index >= 15 is 0 Å². The van der Waals surface area contributed by atoms with Gasteiger partial charge in [-0.15, -0.1) is 0 Å². The highest BCUT2D eigenvalue weighted by atomic mass is 35.5. The molecule has 27 heavy (non-hydrogen) atoms. The summed E-state index contributed by atoms with van der Waals surface area (Å²) in [6, 6.07) is 9.21. The second kappa shape index (κ2) is 7.72. The summed E-state index contributed by atoms with van der Waals surface area (Å²) in [6.45, 7) is 4.35. The van der Waals surface area contributed by atoms with E-state index < -0.39 is 0 Å². The van der Waals surface area contributed by atoms with E-state index in [0.29, 0.717) is 22.6 Å². The van der Waals surface area contributed by atoms with Gasteiger partial charge in [-0.25, -0.2) is 9.97 Å². The molecule has 1 saturated heterocycles. The molecule has 1 saturated carbocycles. The quantitative estimate of drug-likeness (QED) is 0.800. The van der Waals surface area contributed by atoms with E-state index in [1.807, 2.05) is 23.1 Å². The van der Waals surface area contributed by atoms with Crippen LogP contribution in [0.4, 0.5) is 5.82 Å². The zero-order valence-electron chi connectivity index (χ0n) is 15.3. The van der Waals surface area contributed by atoms with Crippen molar-refractivity contribution in [2.45, 2.75) is 32.2 Å². The summed E-state index contributed by atoms with van der Waals surface area (Å²) in [5, 5.41) is 0.614. The molecule has 0 spiro atoms. The van der Waals surface area contributed by atoms with Gasteiger partial charge in [0.15, 0.2) is 0 Å². The maximum Gasteiger partial charge on any atom is 0.226 e. The van der Waals surface area contributed by atoms with Gasteiger partial charge in [0, 0.05) is 42.7 Å². The number of ether oxygens (including phenoxy) is 1. The lowest BCUT2D eigenvalue weighted by Crippen LogP contribution is -2.56. The van der Waals surface area contributed by atoms with E-state index in [-0.39, 0.29) is 12.0 Å². The second-order valence-corrected chi connectivity index (χ2v) is 7.66. The Morgan fingerprint density at radius 3 is 2.78 bits per heavy atom. The average Bonchev–Trinajstić information content (AvgIpc) is 2.60. The van der Waals surface area contributed by atoms with Gasteiger partial charge in [-0.05, 0) is 38.0 Å². The van der Waals surface area contributed by atoms with Crippen molar-refractivity contribution < 1.29 is 9.53 Å². The van der Waals surface area contributed by atoms with Crippen LogP contribution in [0.2, 0.25) is 5.02 Å². The van der Waals surface area contributed by atoms with Gasteiger partial charge in [-0.3, -0.25) is 4.79 Å². The summed E-state index contributed by atoms with van der Waals surface area (Å²) in [7, 11) is 0. The average molecular weight is 387 g/mol. The van der Waals surface area contributed by atoms with Crippen LogP contribution in [0.25, 0.3) is 0 Å². The van der Waals surface area contributed by atoms with Gasteiger partial charge in [0.2, 0.25) is 11.8 Å². The number of nitrogens with zero attached hydrogens (tertiary/aromatic N) is 4. The molecule has 1 unspecified atom stereocenters. The van der Waals surface area contributed by atoms with Gasteiger partial charge < -0.3 is 14.5 Å². The van der Waals surface area contributed by atoms with E-state index in [1.54, 1.807) is 12.1 Å². The summed E-state index contributed by atoms with van der Waals surface area (Å²) >= 11 is 6.00. The molecule has 7 heteroatoms. The van der Waals surface area contributed by atoms with Crippen LogP contribution >= 0.6 is 11.6 Å². The summed E-state index contributed by atoms with van der Waals surface area (Å²) in [5.41, 5.74) is 0. The monoisotopic (exact) mass is 386 g/mol. The van der Waals surface area contributed by atoms with Crippen LogP contribution in [0.5, 0.6) is 11.6 Å². The van der Waals surface area contributed by atoms with Crippen LogP contribution < -0.4 is 9.64 Å². The van der Waals surface area contributed by atoms with Crippen LogP contribution in [-0.4, -0.2) is 46.5 Å². The number of hydrogen-bond donors (Lipinski definition) is 0. The smallest absolute Gasteiger partial charge is 0.226 e. The molecule has 1 amide bonds. The normalized spacial score (nSPS) is 20.3. The van der Waals surface area contributed by atoms with Crippen LogP contribution in [0, 0.1) is 5.92 Å². The summed E-state index contributed by atoms with van der Waals surface area (Å²) in [6.07, 6.45) is 4.77. The molecule has 2 heterocycles. The van der Waals surface area contributed by atoms with E-state index in [4.69, 9.17) is 16.3 Å². The first kappa shape index (κ1) is 18.0. The highest BCUT2D eigenvalue weighted by molar-refractivity contribution is 6.30. The van der Waals surface area contributed by atoms with Crippen molar-refractivity contribution in [2.75, 3.05) is 24.5 Å². The Bertz CT molecular complexity index is 827. The van der Waals surface area contributed by atoms with Gasteiger partial charge in [-0.1, -0.05) is 24.1 Å². The van der Waals surface area contributed by atoms with Crippen molar-refractivity contribution in [3.63, 3.8) is 0 Å². The van der Waals surface area contributed by atoms with Crippen LogP contribution in [0.3, 0.4) is 0 Å². The maximum atomic E-state index is 12.6. The maximum absolute atomic E-state index is 12.6.